The molecule has 0 aromatic rings. The average molecular weight is 756 g/mol. The molecule has 0 aliphatic heterocycles. The predicted octanol–water partition coefficient (Wildman–Crippen LogP) is 11.4. The number of unbranched alkanes of at least 4 members (excludes halogenated alkanes) is 33. The first-order valence-electron chi connectivity index (χ1n) is 23.5. The van der Waals surface area contributed by atoms with Gasteiger partial charge in [-0.05, 0) is 12.8 Å². The van der Waals surface area contributed by atoms with Crippen molar-refractivity contribution in [2.24, 2.45) is 0 Å². The van der Waals surface area contributed by atoms with Crippen LogP contribution < -0.4 is 5.32 Å². The molecule has 0 aromatic carbocycles. The van der Waals surface area contributed by atoms with Gasteiger partial charge in [-0.1, -0.05) is 239 Å². The topological polar surface area (TPSA) is 130 Å². The molecule has 0 spiro atoms. The van der Waals surface area contributed by atoms with Gasteiger partial charge in [0.15, 0.2) is 6.10 Å². The number of hydrogen-bond acceptors (Lipinski definition) is 6. The first kappa shape index (κ1) is 52.3. The molecule has 0 aliphatic carbocycles. The van der Waals surface area contributed by atoms with Crippen LogP contribution >= 0.6 is 0 Å². The second kappa shape index (κ2) is 40.9. The van der Waals surface area contributed by atoms with E-state index in [1.807, 2.05) is 0 Å². The van der Waals surface area contributed by atoms with Gasteiger partial charge in [-0.15, -0.1) is 0 Å². The molecule has 0 aromatic heterocycles. The van der Waals surface area contributed by atoms with E-state index >= 15 is 0 Å². The Morgan fingerprint density at radius 1 is 0.396 bits per heavy atom. The Morgan fingerprint density at radius 2 is 0.642 bits per heavy atom. The summed E-state index contributed by atoms with van der Waals surface area (Å²) in [5.41, 5.74) is 0. The lowest BCUT2D eigenvalue weighted by Gasteiger charge is -2.28. The van der Waals surface area contributed by atoms with E-state index in [1.54, 1.807) is 0 Å². The molecule has 0 unspecified atom stereocenters. The average Bonchev–Trinajstić information content (AvgIpc) is 3.16. The summed E-state index contributed by atoms with van der Waals surface area (Å²) in [6.45, 7) is 3.97. The van der Waals surface area contributed by atoms with Crippen LogP contribution in [0, 0.1) is 0 Å². The molecule has 0 radical (unpaired) electrons. The number of carbonyl (C=O) groups is 1. The Balaban J connectivity index is 3.76. The zero-order valence-electron chi connectivity index (χ0n) is 35.4. The van der Waals surface area contributed by atoms with Gasteiger partial charge in [0.2, 0.25) is 0 Å². The fourth-order valence-corrected chi connectivity index (χ4v) is 7.61. The van der Waals surface area contributed by atoms with Crippen LogP contribution in [0.2, 0.25) is 0 Å². The van der Waals surface area contributed by atoms with Crippen molar-refractivity contribution in [1.82, 2.24) is 5.32 Å². The van der Waals surface area contributed by atoms with Crippen molar-refractivity contribution >= 4 is 5.91 Å². The molecule has 1 amide bonds. The molecule has 6 N–H and O–H groups in total. The van der Waals surface area contributed by atoms with Crippen LogP contribution in [0.25, 0.3) is 0 Å². The van der Waals surface area contributed by atoms with Gasteiger partial charge < -0.3 is 30.8 Å². The van der Waals surface area contributed by atoms with Crippen molar-refractivity contribution in [2.75, 3.05) is 6.61 Å². The minimum absolute atomic E-state index is 0.321. The molecule has 0 saturated heterocycles. The van der Waals surface area contributed by atoms with E-state index in [4.69, 9.17) is 0 Å². The molecule has 0 heterocycles. The van der Waals surface area contributed by atoms with Crippen LogP contribution in [0.4, 0.5) is 0 Å². The van der Waals surface area contributed by atoms with Crippen LogP contribution in [-0.4, -0.2) is 68.5 Å². The third-order valence-corrected chi connectivity index (χ3v) is 11.4. The summed E-state index contributed by atoms with van der Waals surface area (Å²) < 4.78 is 0. The molecule has 7 heteroatoms. The van der Waals surface area contributed by atoms with Crippen molar-refractivity contribution in [3.8, 4) is 0 Å². The summed E-state index contributed by atoms with van der Waals surface area (Å²) in [6.07, 6.45) is 40.2. The number of aliphatic hydroxyl groups is 5. The molecular formula is C46H93NO6. The van der Waals surface area contributed by atoms with Gasteiger partial charge in [-0.2, -0.15) is 0 Å². The summed E-state index contributed by atoms with van der Waals surface area (Å²) in [5.74, 6) is -0.831. The summed E-state index contributed by atoms with van der Waals surface area (Å²) in [5, 5.41) is 54.0. The van der Waals surface area contributed by atoms with E-state index in [0.29, 0.717) is 12.8 Å². The number of amides is 1. The Kier molecular flexibility index (Phi) is 40.4. The third kappa shape index (κ3) is 34.3. The van der Waals surface area contributed by atoms with E-state index in [0.717, 1.165) is 38.5 Å². The summed E-state index contributed by atoms with van der Waals surface area (Å²) in [6, 6.07) is -1.10. The largest absolute Gasteiger partial charge is 0.394 e. The second-order valence-corrected chi connectivity index (χ2v) is 16.6. The van der Waals surface area contributed by atoms with Gasteiger partial charge >= 0.3 is 0 Å². The van der Waals surface area contributed by atoms with Crippen LogP contribution in [0.15, 0.2) is 0 Å². The normalized spacial score (nSPS) is 14.6. The second-order valence-electron chi connectivity index (χ2n) is 16.6. The van der Waals surface area contributed by atoms with E-state index in [1.165, 1.54) is 186 Å². The van der Waals surface area contributed by atoms with E-state index in [-0.39, 0.29) is 0 Å². The smallest absolute Gasteiger partial charge is 0.251 e. The molecule has 53 heavy (non-hydrogen) atoms. The highest BCUT2D eigenvalue weighted by molar-refractivity contribution is 5.81. The van der Waals surface area contributed by atoms with Crippen molar-refractivity contribution in [3.63, 3.8) is 0 Å². The Hall–Kier alpha value is -0.730. The molecule has 318 valence electrons. The summed E-state index contributed by atoms with van der Waals surface area (Å²) in [4.78, 5) is 12.6. The van der Waals surface area contributed by atoms with Crippen molar-refractivity contribution in [3.05, 3.63) is 0 Å². The number of hydrogen-bond donors (Lipinski definition) is 6. The van der Waals surface area contributed by atoms with Gasteiger partial charge in [0, 0.05) is 0 Å². The third-order valence-electron chi connectivity index (χ3n) is 11.4. The van der Waals surface area contributed by atoms with Gasteiger partial charge in [0.05, 0.1) is 24.9 Å². The first-order valence-corrected chi connectivity index (χ1v) is 23.5. The number of nitrogens with one attached hydrogen (secondary N) is 1. The highest BCUT2D eigenvalue weighted by Crippen LogP contribution is 2.18. The first-order chi connectivity index (χ1) is 25.9. The lowest BCUT2D eigenvalue weighted by molar-refractivity contribution is -0.138. The molecule has 0 rings (SSSR count). The van der Waals surface area contributed by atoms with Crippen LogP contribution in [0.1, 0.15) is 251 Å². The number of rotatable bonds is 43. The molecule has 0 bridgehead atoms. The molecule has 7 nitrogen and oxygen atoms in total. The SMILES string of the molecule is CCCCCCCCCCCCCCCCCCCCCCC[C@H](O)[C@@H](O)C(=O)N[C@H](CO)[C@H](O)[C@H](O)CCCCCCCCCCCCCCCC. The lowest BCUT2D eigenvalue weighted by Crippen LogP contribution is -2.54. The Bertz CT molecular complexity index is 739. The molecule has 0 aliphatic rings. The number of aliphatic hydroxyl groups excluding tert-OH is 5. The van der Waals surface area contributed by atoms with E-state index in [9.17, 15) is 30.3 Å². The molecule has 0 saturated carbocycles. The lowest BCUT2D eigenvalue weighted by atomic mass is 9.98. The summed E-state index contributed by atoms with van der Waals surface area (Å²) in [7, 11) is 0. The zero-order chi connectivity index (χ0) is 39.0. The summed E-state index contributed by atoms with van der Waals surface area (Å²) >= 11 is 0. The van der Waals surface area contributed by atoms with Crippen LogP contribution in [0.5, 0.6) is 0 Å². The minimum atomic E-state index is -1.63. The highest BCUT2D eigenvalue weighted by Gasteiger charge is 2.31. The monoisotopic (exact) mass is 756 g/mol. The molecule has 5 atom stereocenters. The van der Waals surface area contributed by atoms with Crippen molar-refractivity contribution < 1.29 is 30.3 Å². The van der Waals surface area contributed by atoms with Crippen molar-refractivity contribution in [1.29, 1.82) is 0 Å². The number of carbonyl (C=O) groups excluding carboxylic acids is 1. The molecule has 0 fully saturated rings. The van der Waals surface area contributed by atoms with Gasteiger partial charge in [-0.25, -0.2) is 0 Å². The van der Waals surface area contributed by atoms with Crippen LogP contribution in [0.3, 0.4) is 0 Å². The maximum atomic E-state index is 12.6. The Labute approximate surface area is 329 Å². The highest BCUT2D eigenvalue weighted by atomic mass is 16.3. The van der Waals surface area contributed by atoms with Gasteiger partial charge in [0.1, 0.15) is 6.10 Å². The maximum Gasteiger partial charge on any atom is 0.251 e. The van der Waals surface area contributed by atoms with Crippen molar-refractivity contribution in [2.45, 2.75) is 282 Å². The quantitative estimate of drug-likeness (QED) is 0.0344. The van der Waals surface area contributed by atoms with Gasteiger partial charge in [-0.3, -0.25) is 4.79 Å². The standard InChI is InChI=1S/C46H93NO6/c1-3-5-7-9-11-13-15-17-19-20-21-22-23-24-25-27-29-31-33-35-37-39-43(50)45(52)46(53)47-41(40-48)44(51)42(49)38-36-34-32-30-28-26-18-16-14-12-10-8-6-4-2/h41-45,48-52H,3-40H2,1-2H3,(H,47,53)/t41-,42-,43+,44+,45-/m1/s1. The molecular weight excluding hydrogens is 663 g/mol. The fraction of sp³-hybridized carbons (Fsp3) is 0.978. The Morgan fingerprint density at radius 3 is 0.906 bits per heavy atom. The van der Waals surface area contributed by atoms with Crippen LogP contribution in [-0.2, 0) is 4.79 Å². The van der Waals surface area contributed by atoms with Gasteiger partial charge in [0.25, 0.3) is 5.91 Å². The van der Waals surface area contributed by atoms with E-state index < -0.39 is 43.0 Å². The minimum Gasteiger partial charge on any atom is -0.394 e. The fourth-order valence-electron chi connectivity index (χ4n) is 7.61. The zero-order valence-corrected chi connectivity index (χ0v) is 35.4. The maximum absolute atomic E-state index is 12.6. The van der Waals surface area contributed by atoms with E-state index in [2.05, 4.69) is 19.2 Å². The predicted molar refractivity (Wildman–Crippen MR) is 225 cm³/mol.